The normalized spacial score (nSPS) is 19.2. The van der Waals surface area contributed by atoms with Gasteiger partial charge >= 0.3 is 0 Å². The summed E-state index contributed by atoms with van der Waals surface area (Å²) in [5, 5.41) is 0. The highest BCUT2D eigenvalue weighted by molar-refractivity contribution is 7.89. The quantitative estimate of drug-likeness (QED) is 0.708. The largest absolute Gasteiger partial charge is 0.379 e. The summed E-state index contributed by atoms with van der Waals surface area (Å²) in [6.07, 6.45) is 2.33. The molecule has 1 aromatic carbocycles. The van der Waals surface area contributed by atoms with Gasteiger partial charge in [-0.1, -0.05) is 12.1 Å². The lowest BCUT2D eigenvalue weighted by atomic mass is 10.1. The van der Waals surface area contributed by atoms with E-state index in [-0.39, 0.29) is 10.8 Å². The molecular formula is C18H27N3O4S. The number of rotatable bonds is 8. The lowest BCUT2D eigenvalue weighted by Crippen LogP contribution is -2.41. The van der Waals surface area contributed by atoms with Crippen molar-refractivity contribution in [1.82, 2.24) is 14.5 Å². The van der Waals surface area contributed by atoms with Gasteiger partial charge in [0.15, 0.2) is 0 Å². The van der Waals surface area contributed by atoms with E-state index in [1.165, 1.54) is 0 Å². The van der Waals surface area contributed by atoms with E-state index in [1.807, 2.05) is 17.0 Å². The molecule has 1 amide bonds. The van der Waals surface area contributed by atoms with Crippen LogP contribution in [0, 0.1) is 0 Å². The fraction of sp³-hybridized carbons (Fsp3) is 0.611. The van der Waals surface area contributed by atoms with E-state index < -0.39 is 10.0 Å². The zero-order valence-corrected chi connectivity index (χ0v) is 15.8. The van der Waals surface area contributed by atoms with Crippen LogP contribution >= 0.6 is 0 Å². The summed E-state index contributed by atoms with van der Waals surface area (Å²) in [6.45, 7) is 5.70. The van der Waals surface area contributed by atoms with Crippen LogP contribution in [0.2, 0.25) is 0 Å². The molecule has 2 saturated heterocycles. The molecule has 0 saturated carbocycles. The minimum absolute atomic E-state index is 0.216. The number of morpholine rings is 1. The summed E-state index contributed by atoms with van der Waals surface area (Å²) in [7, 11) is -3.49. The predicted octanol–water partition coefficient (Wildman–Crippen LogP) is 0.462. The molecule has 26 heavy (non-hydrogen) atoms. The maximum atomic E-state index is 12.4. The van der Waals surface area contributed by atoms with Crippen LogP contribution in [-0.2, 0) is 26.0 Å². The minimum atomic E-state index is -3.49. The predicted molar refractivity (Wildman–Crippen MR) is 98.4 cm³/mol. The van der Waals surface area contributed by atoms with Crippen molar-refractivity contribution < 1.29 is 17.9 Å². The number of nitrogens with zero attached hydrogens (tertiary/aromatic N) is 2. The van der Waals surface area contributed by atoms with Crippen molar-refractivity contribution in [3.8, 4) is 0 Å². The lowest BCUT2D eigenvalue weighted by molar-refractivity contribution is -0.127. The summed E-state index contributed by atoms with van der Waals surface area (Å²) in [6, 6.07) is 6.94. The fourth-order valence-electron chi connectivity index (χ4n) is 3.29. The van der Waals surface area contributed by atoms with Crippen molar-refractivity contribution in [3.63, 3.8) is 0 Å². The molecule has 2 aliphatic heterocycles. The van der Waals surface area contributed by atoms with E-state index in [4.69, 9.17) is 4.74 Å². The molecule has 2 heterocycles. The SMILES string of the molecule is O=C1CCCN1CCc1ccc(S(=O)(=O)NCCN2CCOCC2)cc1. The molecule has 2 fully saturated rings. The second-order valence-corrected chi connectivity index (χ2v) is 8.50. The van der Waals surface area contributed by atoms with Gasteiger partial charge in [0.25, 0.3) is 0 Å². The first-order valence-electron chi connectivity index (χ1n) is 9.21. The van der Waals surface area contributed by atoms with Crippen molar-refractivity contribution >= 4 is 15.9 Å². The Morgan fingerprint density at radius 1 is 1.04 bits per heavy atom. The highest BCUT2D eigenvalue weighted by atomic mass is 32.2. The summed E-state index contributed by atoms with van der Waals surface area (Å²) in [5.41, 5.74) is 1.04. The van der Waals surface area contributed by atoms with Gasteiger partial charge in [-0.25, -0.2) is 13.1 Å². The van der Waals surface area contributed by atoms with Crippen molar-refractivity contribution in [1.29, 1.82) is 0 Å². The van der Waals surface area contributed by atoms with Gasteiger partial charge in [-0.05, 0) is 30.5 Å². The summed E-state index contributed by atoms with van der Waals surface area (Å²) < 4.78 is 32.7. The van der Waals surface area contributed by atoms with Crippen molar-refractivity contribution in [2.75, 3.05) is 52.5 Å². The number of carbonyl (C=O) groups excluding carboxylic acids is 1. The van der Waals surface area contributed by atoms with E-state index in [2.05, 4.69) is 9.62 Å². The molecule has 7 nitrogen and oxygen atoms in total. The number of nitrogens with one attached hydrogen (secondary N) is 1. The minimum Gasteiger partial charge on any atom is -0.379 e. The molecule has 0 unspecified atom stereocenters. The highest BCUT2D eigenvalue weighted by Gasteiger charge is 2.19. The lowest BCUT2D eigenvalue weighted by Gasteiger charge is -2.26. The molecule has 1 aromatic rings. The Labute approximate surface area is 155 Å². The van der Waals surface area contributed by atoms with Crippen LogP contribution in [0.4, 0.5) is 0 Å². The van der Waals surface area contributed by atoms with Crippen LogP contribution in [0.1, 0.15) is 18.4 Å². The number of hydrogen-bond donors (Lipinski definition) is 1. The molecule has 2 aliphatic rings. The molecule has 144 valence electrons. The molecule has 3 rings (SSSR count). The van der Waals surface area contributed by atoms with Crippen LogP contribution in [0.15, 0.2) is 29.2 Å². The van der Waals surface area contributed by atoms with Crippen LogP contribution < -0.4 is 4.72 Å². The van der Waals surface area contributed by atoms with Gasteiger partial charge in [-0.15, -0.1) is 0 Å². The van der Waals surface area contributed by atoms with Crippen molar-refractivity contribution in [2.24, 2.45) is 0 Å². The summed E-state index contributed by atoms with van der Waals surface area (Å²) in [4.78, 5) is 16.0. The van der Waals surface area contributed by atoms with Crippen LogP contribution in [0.5, 0.6) is 0 Å². The van der Waals surface area contributed by atoms with E-state index in [0.29, 0.717) is 39.3 Å². The van der Waals surface area contributed by atoms with Crippen molar-refractivity contribution in [2.45, 2.75) is 24.2 Å². The Kier molecular flexibility index (Phi) is 6.63. The van der Waals surface area contributed by atoms with Gasteiger partial charge < -0.3 is 9.64 Å². The zero-order valence-electron chi connectivity index (χ0n) is 15.0. The molecule has 0 aromatic heterocycles. The van der Waals surface area contributed by atoms with Gasteiger partial charge in [0.2, 0.25) is 15.9 Å². The van der Waals surface area contributed by atoms with Gasteiger partial charge in [0, 0.05) is 45.7 Å². The second-order valence-electron chi connectivity index (χ2n) is 6.73. The van der Waals surface area contributed by atoms with Crippen LogP contribution in [0.3, 0.4) is 0 Å². The number of carbonyl (C=O) groups is 1. The third kappa shape index (κ3) is 5.26. The maximum absolute atomic E-state index is 12.4. The zero-order chi connectivity index (χ0) is 18.4. The highest BCUT2D eigenvalue weighted by Crippen LogP contribution is 2.14. The Morgan fingerprint density at radius 3 is 2.42 bits per heavy atom. The molecule has 0 aliphatic carbocycles. The molecule has 8 heteroatoms. The van der Waals surface area contributed by atoms with Crippen LogP contribution in [-0.4, -0.2) is 76.6 Å². The Balaban J connectivity index is 1.47. The first-order chi connectivity index (χ1) is 12.5. The van der Waals surface area contributed by atoms with E-state index in [0.717, 1.165) is 38.0 Å². The topological polar surface area (TPSA) is 79.0 Å². The van der Waals surface area contributed by atoms with Crippen molar-refractivity contribution in [3.05, 3.63) is 29.8 Å². The monoisotopic (exact) mass is 381 g/mol. The molecule has 0 radical (unpaired) electrons. The number of hydrogen-bond acceptors (Lipinski definition) is 5. The van der Waals surface area contributed by atoms with Gasteiger partial charge in [-0.2, -0.15) is 0 Å². The number of likely N-dealkylation sites (tertiary alicyclic amines) is 1. The first-order valence-corrected chi connectivity index (χ1v) is 10.7. The van der Waals surface area contributed by atoms with Gasteiger partial charge in [0.05, 0.1) is 18.1 Å². The molecule has 1 N–H and O–H groups in total. The summed E-state index contributed by atoms with van der Waals surface area (Å²) >= 11 is 0. The van der Waals surface area contributed by atoms with Gasteiger partial charge in [-0.3, -0.25) is 9.69 Å². The average Bonchev–Trinajstić information content (AvgIpc) is 3.06. The Morgan fingerprint density at radius 2 is 1.77 bits per heavy atom. The number of sulfonamides is 1. The number of benzene rings is 1. The van der Waals surface area contributed by atoms with Crippen LogP contribution in [0.25, 0.3) is 0 Å². The summed E-state index contributed by atoms with van der Waals surface area (Å²) in [5.74, 6) is 0.216. The number of amides is 1. The van der Waals surface area contributed by atoms with E-state index >= 15 is 0 Å². The standard InChI is InChI=1S/C18H27N3O4S/c22-18-2-1-9-21(18)10-7-16-3-5-17(6-4-16)26(23,24)19-8-11-20-12-14-25-15-13-20/h3-6,19H,1-2,7-15H2. The third-order valence-corrected chi connectivity index (χ3v) is 6.38. The molecule has 0 atom stereocenters. The molecule has 0 bridgehead atoms. The molecular weight excluding hydrogens is 354 g/mol. The average molecular weight is 381 g/mol. The first kappa shape index (κ1) is 19.3. The van der Waals surface area contributed by atoms with E-state index in [9.17, 15) is 13.2 Å². The Bertz CT molecular complexity index is 700. The number of ether oxygens (including phenoxy) is 1. The third-order valence-electron chi connectivity index (χ3n) is 4.90. The van der Waals surface area contributed by atoms with E-state index in [1.54, 1.807) is 12.1 Å². The fourth-order valence-corrected chi connectivity index (χ4v) is 4.31. The maximum Gasteiger partial charge on any atom is 0.240 e. The Hall–Kier alpha value is -1.48. The second kappa shape index (κ2) is 8.94. The molecule has 0 spiro atoms. The smallest absolute Gasteiger partial charge is 0.240 e. The van der Waals surface area contributed by atoms with Gasteiger partial charge in [0.1, 0.15) is 0 Å².